The maximum Gasteiger partial charge on any atom is 0.422 e. The van der Waals surface area contributed by atoms with Crippen LogP contribution in [0.15, 0.2) is 54.9 Å². The molecule has 1 aromatic carbocycles. The first-order valence-electron chi connectivity index (χ1n) is 10.1. The molecule has 0 saturated carbocycles. The number of aromatic nitrogens is 2. The Morgan fingerprint density at radius 2 is 1.88 bits per heavy atom. The molecule has 10 heteroatoms. The summed E-state index contributed by atoms with van der Waals surface area (Å²) in [6.07, 6.45) is -1.53. The highest BCUT2D eigenvalue weighted by Crippen LogP contribution is 2.38. The Kier molecular flexibility index (Phi) is 5.06. The number of hydrogen-bond acceptors (Lipinski definition) is 6. The van der Waals surface area contributed by atoms with E-state index < -0.39 is 18.4 Å². The maximum absolute atomic E-state index is 13.1. The molecule has 3 aromatic rings. The van der Waals surface area contributed by atoms with Crippen LogP contribution in [0.4, 0.5) is 19.0 Å². The minimum atomic E-state index is -4.48. The van der Waals surface area contributed by atoms with Gasteiger partial charge in [0.1, 0.15) is 17.2 Å². The van der Waals surface area contributed by atoms with Crippen LogP contribution in [-0.2, 0) is 16.9 Å². The summed E-state index contributed by atoms with van der Waals surface area (Å²) in [6, 6.07) is 11.2. The molecular weight excluding hydrogens is 439 g/mol. The molecule has 5 rings (SSSR count). The Morgan fingerprint density at radius 3 is 2.55 bits per heavy atom. The van der Waals surface area contributed by atoms with Crippen LogP contribution in [-0.4, -0.2) is 47.0 Å². The molecule has 1 saturated heterocycles. The van der Waals surface area contributed by atoms with Crippen LogP contribution < -0.4 is 9.64 Å². The number of ether oxygens (including phenoxy) is 2. The number of carbonyl (C=O) groups is 1. The quantitative estimate of drug-likeness (QED) is 0.632. The van der Waals surface area contributed by atoms with E-state index in [4.69, 9.17) is 9.47 Å². The van der Waals surface area contributed by atoms with Crippen molar-refractivity contribution in [2.24, 2.45) is 0 Å². The summed E-state index contributed by atoms with van der Waals surface area (Å²) in [5.41, 5.74) is 1.23. The third kappa shape index (κ3) is 3.91. The molecule has 2 aliphatic rings. The highest BCUT2D eigenvalue weighted by molar-refractivity contribution is 6.10. The number of para-hydroxylation sites is 1. The van der Waals surface area contributed by atoms with Gasteiger partial charge in [-0.3, -0.25) is 14.7 Å². The van der Waals surface area contributed by atoms with Crippen molar-refractivity contribution >= 4 is 11.7 Å². The number of halogens is 3. The van der Waals surface area contributed by atoms with Gasteiger partial charge in [-0.15, -0.1) is 0 Å². The average Bonchev–Trinajstić information content (AvgIpc) is 3.13. The van der Waals surface area contributed by atoms with E-state index in [1.165, 1.54) is 23.4 Å². The molecule has 1 amide bonds. The van der Waals surface area contributed by atoms with Crippen molar-refractivity contribution in [3.8, 4) is 17.0 Å². The zero-order chi connectivity index (χ0) is 23.2. The van der Waals surface area contributed by atoms with E-state index in [0.717, 1.165) is 0 Å². The lowest BCUT2D eigenvalue weighted by Gasteiger charge is -2.36. The zero-order valence-electron chi connectivity index (χ0n) is 17.2. The molecule has 1 fully saturated rings. The molecular formula is C23H18F3N3O4. The number of carbonyl (C=O) groups excluding carboxylic acids is 1. The van der Waals surface area contributed by atoms with E-state index in [0.29, 0.717) is 33.8 Å². The smallest absolute Gasteiger partial charge is 0.422 e. The zero-order valence-corrected chi connectivity index (χ0v) is 17.2. The number of rotatable bonds is 5. The molecule has 170 valence electrons. The first-order valence-corrected chi connectivity index (χ1v) is 10.1. The molecule has 33 heavy (non-hydrogen) atoms. The maximum atomic E-state index is 13.1. The molecule has 2 aliphatic heterocycles. The van der Waals surface area contributed by atoms with Gasteiger partial charge in [0, 0.05) is 34.6 Å². The predicted molar refractivity (Wildman–Crippen MR) is 111 cm³/mol. The number of benzene rings is 1. The molecule has 0 atom stereocenters. The summed E-state index contributed by atoms with van der Waals surface area (Å²) in [6.45, 7) is -0.914. The molecule has 4 heterocycles. The monoisotopic (exact) mass is 457 g/mol. The number of fused-ring (bicyclic) bond motifs is 1. The van der Waals surface area contributed by atoms with Gasteiger partial charge in [-0.25, -0.2) is 4.98 Å². The number of hydrogen-bond donors (Lipinski definition) is 1. The number of nitrogens with zero attached hydrogens (tertiary/aromatic N) is 3. The second-order valence-corrected chi connectivity index (χ2v) is 7.91. The van der Waals surface area contributed by atoms with Gasteiger partial charge in [0.15, 0.2) is 6.61 Å². The SMILES string of the molecule is O=C1c2ccnc(-c3ccccc3OCC(F)(F)F)c2CN1c1ccc(C2(O)COC2)cn1. The van der Waals surface area contributed by atoms with Crippen molar-refractivity contribution < 1.29 is 32.5 Å². The summed E-state index contributed by atoms with van der Waals surface area (Å²) in [5.74, 6) is 0.115. The van der Waals surface area contributed by atoms with Gasteiger partial charge < -0.3 is 14.6 Å². The Bertz CT molecular complexity index is 1210. The Labute approximate surface area is 186 Å². The van der Waals surface area contributed by atoms with Crippen LogP contribution >= 0.6 is 0 Å². The lowest BCUT2D eigenvalue weighted by Crippen LogP contribution is -2.46. The van der Waals surface area contributed by atoms with Crippen molar-refractivity contribution in [3.63, 3.8) is 0 Å². The third-order valence-corrected chi connectivity index (χ3v) is 5.62. The minimum absolute atomic E-state index is 0.0278. The van der Waals surface area contributed by atoms with Gasteiger partial charge in [0.2, 0.25) is 0 Å². The number of aliphatic hydroxyl groups is 1. The molecule has 0 unspecified atom stereocenters. The van der Waals surface area contributed by atoms with Crippen LogP contribution in [0.2, 0.25) is 0 Å². The topological polar surface area (TPSA) is 84.8 Å². The Balaban J connectivity index is 1.45. The number of pyridine rings is 2. The minimum Gasteiger partial charge on any atom is -0.483 e. The third-order valence-electron chi connectivity index (χ3n) is 5.62. The van der Waals surface area contributed by atoms with Gasteiger partial charge in [-0.1, -0.05) is 18.2 Å². The second kappa shape index (κ2) is 7.82. The van der Waals surface area contributed by atoms with Crippen molar-refractivity contribution in [3.05, 3.63) is 71.5 Å². The Hall–Kier alpha value is -3.50. The molecule has 7 nitrogen and oxygen atoms in total. The average molecular weight is 457 g/mol. The van der Waals surface area contributed by atoms with E-state index in [-0.39, 0.29) is 31.4 Å². The van der Waals surface area contributed by atoms with Crippen molar-refractivity contribution in [1.82, 2.24) is 9.97 Å². The van der Waals surface area contributed by atoms with E-state index in [9.17, 15) is 23.1 Å². The summed E-state index contributed by atoms with van der Waals surface area (Å²) in [4.78, 5) is 23.2. The van der Waals surface area contributed by atoms with E-state index >= 15 is 0 Å². The molecule has 0 aliphatic carbocycles. The van der Waals surface area contributed by atoms with E-state index in [1.807, 2.05) is 0 Å². The van der Waals surface area contributed by atoms with Crippen LogP contribution in [0.3, 0.4) is 0 Å². The van der Waals surface area contributed by atoms with Gasteiger partial charge >= 0.3 is 6.18 Å². The Morgan fingerprint density at radius 1 is 1.09 bits per heavy atom. The van der Waals surface area contributed by atoms with Gasteiger partial charge in [-0.05, 0) is 24.3 Å². The van der Waals surface area contributed by atoms with E-state index in [1.54, 1.807) is 36.4 Å². The molecule has 0 radical (unpaired) electrons. The number of anilines is 1. The van der Waals surface area contributed by atoms with Gasteiger partial charge in [0.05, 0.1) is 25.5 Å². The normalized spacial score (nSPS) is 17.0. The largest absolute Gasteiger partial charge is 0.483 e. The summed E-state index contributed by atoms with van der Waals surface area (Å²) in [7, 11) is 0. The van der Waals surface area contributed by atoms with Crippen LogP contribution in [0, 0.1) is 0 Å². The number of alkyl halides is 3. The highest BCUT2D eigenvalue weighted by atomic mass is 19.4. The van der Waals surface area contributed by atoms with E-state index in [2.05, 4.69) is 9.97 Å². The number of amides is 1. The standard InChI is InChI=1S/C23H18F3N3O4/c24-23(25,26)13-33-18-4-2-1-3-16(18)20-17-10-29(21(30)15(17)7-8-27-20)19-6-5-14(9-28-19)22(31)11-32-12-22/h1-9,31H,10-13H2. The first-order chi connectivity index (χ1) is 15.8. The van der Waals surface area contributed by atoms with Crippen molar-refractivity contribution in [1.29, 1.82) is 0 Å². The lowest BCUT2D eigenvalue weighted by molar-refractivity contribution is -0.184. The fourth-order valence-corrected chi connectivity index (χ4v) is 3.88. The van der Waals surface area contributed by atoms with Gasteiger partial charge in [-0.2, -0.15) is 13.2 Å². The summed E-state index contributed by atoms with van der Waals surface area (Å²) < 4.78 is 48.1. The van der Waals surface area contributed by atoms with Crippen molar-refractivity contribution in [2.75, 3.05) is 24.7 Å². The first kappa shape index (κ1) is 21.4. The van der Waals surface area contributed by atoms with Gasteiger partial charge in [0.25, 0.3) is 5.91 Å². The molecule has 0 spiro atoms. The van der Waals surface area contributed by atoms with Crippen LogP contribution in [0.5, 0.6) is 5.75 Å². The fraction of sp³-hybridized carbons (Fsp3) is 0.261. The summed E-state index contributed by atoms with van der Waals surface area (Å²) >= 11 is 0. The van der Waals surface area contributed by atoms with Crippen LogP contribution in [0.1, 0.15) is 21.5 Å². The second-order valence-electron chi connectivity index (χ2n) is 7.91. The lowest BCUT2D eigenvalue weighted by atomic mass is 9.94. The van der Waals surface area contributed by atoms with Crippen molar-refractivity contribution in [2.45, 2.75) is 18.3 Å². The highest BCUT2D eigenvalue weighted by Gasteiger charge is 2.39. The molecule has 0 bridgehead atoms. The molecule has 1 N–H and O–H groups in total. The summed E-state index contributed by atoms with van der Waals surface area (Å²) in [5, 5.41) is 10.4. The van der Waals surface area contributed by atoms with Crippen LogP contribution in [0.25, 0.3) is 11.3 Å². The molecule has 2 aromatic heterocycles. The predicted octanol–water partition coefficient (Wildman–Crippen LogP) is 3.46. The fourth-order valence-electron chi connectivity index (χ4n) is 3.88.